The van der Waals surface area contributed by atoms with Crippen LogP contribution in [0.1, 0.15) is 26.2 Å². The SMILES string of the molecule is CCC(Nc1nc(-c2ccncc2)nc2ccccc12)C1CCCO1. The average Bonchev–Trinajstić information content (AvgIpc) is 3.21. The van der Waals surface area contributed by atoms with Crippen LogP contribution in [-0.4, -0.2) is 33.7 Å². The highest BCUT2D eigenvalue weighted by molar-refractivity contribution is 5.90. The molecule has 0 aliphatic carbocycles. The number of rotatable bonds is 5. The molecule has 3 aromatic rings. The van der Waals surface area contributed by atoms with Crippen molar-refractivity contribution in [1.82, 2.24) is 15.0 Å². The fraction of sp³-hybridized carbons (Fsp3) is 0.350. The first-order valence-corrected chi connectivity index (χ1v) is 8.90. The Balaban J connectivity index is 1.75. The van der Waals surface area contributed by atoms with Gasteiger partial charge in [-0.3, -0.25) is 4.98 Å². The van der Waals surface area contributed by atoms with Gasteiger partial charge >= 0.3 is 0 Å². The Morgan fingerprint density at radius 1 is 1.16 bits per heavy atom. The van der Waals surface area contributed by atoms with Gasteiger partial charge in [0.25, 0.3) is 0 Å². The molecule has 128 valence electrons. The molecular formula is C20H22N4O. The molecule has 5 nitrogen and oxygen atoms in total. The molecule has 0 amide bonds. The van der Waals surface area contributed by atoms with E-state index in [1.165, 1.54) is 0 Å². The summed E-state index contributed by atoms with van der Waals surface area (Å²) in [4.78, 5) is 13.6. The Hall–Kier alpha value is -2.53. The number of hydrogen-bond acceptors (Lipinski definition) is 5. The maximum absolute atomic E-state index is 5.89. The van der Waals surface area contributed by atoms with E-state index in [0.29, 0.717) is 5.82 Å². The Bertz CT molecular complexity index is 847. The van der Waals surface area contributed by atoms with Gasteiger partial charge in [-0.25, -0.2) is 9.97 Å². The molecule has 1 aromatic carbocycles. The van der Waals surface area contributed by atoms with Gasteiger partial charge in [-0.2, -0.15) is 0 Å². The molecule has 2 unspecified atom stereocenters. The number of aromatic nitrogens is 3. The van der Waals surface area contributed by atoms with Crippen LogP contribution < -0.4 is 5.32 Å². The molecule has 2 atom stereocenters. The third-order valence-electron chi connectivity index (χ3n) is 4.72. The summed E-state index contributed by atoms with van der Waals surface area (Å²) in [6, 6.07) is 12.3. The van der Waals surface area contributed by atoms with Crippen molar-refractivity contribution in [2.75, 3.05) is 11.9 Å². The zero-order valence-electron chi connectivity index (χ0n) is 14.4. The van der Waals surface area contributed by atoms with Crippen LogP contribution in [0.2, 0.25) is 0 Å². The molecule has 1 saturated heterocycles. The Labute approximate surface area is 147 Å². The molecule has 1 fully saturated rings. The topological polar surface area (TPSA) is 59.9 Å². The molecule has 0 spiro atoms. The summed E-state index contributed by atoms with van der Waals surface area (Å²) < 4.78 is 5.89. The molecule has 0 bridgehead atoms. The predicted molar refractivity (Wildman–Crippen MR) is 99.4 cm³/mol. The maximum Gasteiger partial charge on any atom is 0.162 e. The lowest BCUT2D eigenvalue weighted by Crippen LogP contribution is -2.33. The van der Waals surface area contributed by atoms with Gasteiger partial charge in [0.2, 0.25) is 0 Å². The van der Waals surface area contributed by atoms with E-state index in [1.807, 2.05) is 30.3 Å². The smallest absolute Gasteiger partial charge is 0.162 e. The summed E-state index contributed by atoms with van der Waals surface area (Å²) in [7, 11) is 0. The molecule has 5 heteroatoms. The van der Waals surface area contributed by atoms with E-state index in [4.69, 9.17) is 14.7 Å². The van der Waals surface area contributed by atoms with Gasteiger partial charge in [0.15, 0.2) is 5.82 Å². The molecule has 1 aliphatic rings. The highest BCUT2D eigenvalue weighted by Crippen LogP contribution is 2.27. The van der Waals surface area contributed by atoms with Gasteiger partial charge in [-0.15, -0.1) is 0 Å². The molecule has 1 N–H and O–H groups in total. The minimum Gasteiger partial charge on any atom is -0.376 e. The van der Waals surface area contributed by atoms with Crippen LogP contribution >= 0.6 is 0 Å². The summed E-state index contributed by atoms with van der Waals surface area (Å²) in [5.74, 6) is 1.59. The number of nitrogens with one attached hydrogen (secondary N) is 1. The van der Waals surface area contributed by atoms with E-state index in [0.717, 1.165) is 48.2 Å². The lowest BCUT2D eigenvalue weighted by atomic mass is 10.1. The number of hydrogen-bond donors (Lipinski definition) is 1. The highest BCUT2D eigenvalue weighted by Gasteiger charge is 2.25. The van der Waals surface area contributed by atoms with Gasteiger partial charge in [0, 0.05) is 30.0 Å². The van der Waals surface area contributed by atoms with Crippen molar-refractivity contribution < 1.29 is 4.74 Å². The fourth-order valence-corrected chi connectivity index (χ4v) is 3.37. The summed E-state index contributed by atoms with van der Waals surface area (Å²) >= 11 is 0. The van der Waals surface area contributed by atoms with Crippen LogP contribution in [-0.2, 0) is 4.74 Å². The number of ether oxygens (including phenoxy) is 1. The minimum absolute atomic E-state index is 0.253. The molecule has 0 saturated carbocycles. The van der Waals surface area contributed by atoms with Crippen molar-refractivity contribution in [1.29, 1.82) is 0 Å². The third-order valence-corrected chi connectivity index (χ3v) is 4.72. The lowest BCUT2D eigenvalue weighted by Gasteiger charge is -2.24. The van der Waals surface area contributed by atoms with Gasteiger partial charge in [0.1, 0.15) is 5.82 Å². The summed E-state index contributed by atoms with van der Waals surface area (Å²) in [5.41, 5.74) is 1.91. The van der Waals surface area contributed by atoms with E-state index in [1.54, 1.807) is 12.4 Å². The number of fused-ring (bicyclic) bond motifs is 1. The lowest BCUT2D eigenvalue weighted by molar-refractivity contribution is 0.0943. The monoisotopic (exact) mass is 334 g/mol. The normalized spacial score (nSPS) is 18.4. The molecule has 3 heterocycles. The fourth-order valence-electron chi connectivity index (χ4n) is 3.37. The van der Waals surface area contributed by atoms with E-state index in [-0.39, 0.29) is 12.1 Å². The van der Waals surface area contributed by atoms with E-state index >= 15 is 0 Å². The molecule has 4 rings (SSSR count). The summed E-state index contributed by atoms with van der Waals surface area (Å²) in [6.07, 6.45) is 7.02. The first-order chi connectivity index (χ1) is 12.3. The number of nitrogens with zero attached hydrogens (tertiary/aromatic N) is 3. The summed E-state index contributed by atoms with van der Waals surface area (Å²) in [6.45, 7) is 3.04. The summed E-state index contributed by atoms with van der Waals surface area (Å²) in [5, 5.41) is 4.67. The van der Waals surface area contributed by atoms with Crippen molar-refractivity contribution >= 4 is 16.7 Å². The van der Waals surface area contributed by atoms with E-state index in [2.05, 4.69) is 23.3 Å². The zero-order chi connectivity index (χ0) is 17.1. The van der Waals surface area contributed by atoms with E-state index in [9.17, 15) is 0 Å². The molecule has 1 aliphatic heterocycles. The number of pyridine rings is 1. The van der Waals surface area contributed by atoms with Crippen LogP contribution in [0, 0.1) is 0 Å². The first kappa shape index (κ1) is 16.0. The van der Waals surface area contributed by atoms with Crippen LogP contribution in [0.5, 0.6) is 0 Å². The van der Waals surface area contributed by atoms with Crippen LogP contribution in [0.3, 0.4) is 0 Å². The molecule has 25 heavy (non-hydrogen) atoms. The predicted octanol–water partition coefficient (Wildman–Crippen LogP) is 4.06. The third kappa shape index (κ3) is 3.33. The van der Waals surface area contributed by atoms with Crippen molar-refractivity contribution in [3.8, 4) is 11.4 Å². The second-order valence-corrected chi connectivity index (χ2v) is 6.36. The molecular weight excluding hydrogens is 312 g/mol. The van der Waals surface area contributed by atoms with Gasteiger partial charge in [-0.05, 0) is 43.5 Å². The molecule has 0 radical (unpaired) electrons. The van der Waals surface area contributed by atoms with Crippen LogP contribution in [0.25, 0.3) is 22.3 Å². The van der Waals surface area contributed by atoms with Crippen molar-refractivity contribution in [2.24, 2.45) is 0 Å². The number of anilines is 1. The Morgan fingerprint density at radius 2 is 2.00 bits per heavy atom. The largest absolute Gasteiger partial charge is 0.376 e. The van der Waals surface area contributed by atoms with Gasteiger partial charge in [0.05, 0.1) is 17.7 Å². The first-order valence-electron chi connectivity index (χ1n) is 8.90. The Kier molecular flexibility index (Phi) is 4.57. The van der Waals surface area contributed by atoms with Crippen LogP contribution in [0.4, 0.5) is 5.82 Å². The van der Waals surface area contributed by atoms with Crippen molar-refractivity contribution in [3.05, 3.63) is 48.8 Å². The minimum atomic E-state index is 0.253. The number of benzene rings is 1. The highest BCUT2D eigenvalue weighted by atomic mass is 16.5. The van der Waals surface area contributed by atoms with Crippen molar-refractivity contribution in [2.45, 2.75) is 38.3 Å². The van der Waals surface area contributed by atoms with E-state index < -0.39 is 0 Å². The second-order valence-electron chi connectivity index (χ2n) is 6.36. The average molecular weight is 334 g/mol. The van der Waals surface area contributed by atoms with Gasteiger partial charge in [-0.1, -0.05) is 19.1 Å². The van der Waals surface area contributed by atoms with Crippen LogP contribution in [0.15, 0.2) is 48.8 Å². The standard InChI is InChI=1S/C20H22N4O/c1-2-16(18-8-5-13-25-18)22-20-15-6-3-4-7-17(15)23-19(24-20)14-9-11-21-12-10-14/h3-4,6-7,9-12,16,18H,2,5,8,13H2,1H3,(H,22,23,24). The second kappa shape index (κ2) is 7.15. The van der Waals surface area contributed by atoms with Gasteiger partial charge < -0.3 is 10.1 Å². The molecule has 2 aromatic heterocycles. The number of para-hydroxylation sites is 1. The maximum atomic E-state index is 5.89. The zero-order valence-corrected chi connectivity index (χ0v) is 14.4. The Morgan fingerprint density at radius 3 is 2.76 bits per heavy atom. The quantitative estimate of drug-likeness (QED) is 0.762. The van der Waals surface area contributed by atoms with Crippen molar-refractivity contribution in [3.63, 3.8) is 0 Å².